The van der Waals surface area contributed by atoms with E-state index in [-0.39, 0.29) is 5.91 Å². The Kier molecular flexibility index (Phi) is 7.41. The van der Waals surface area contributed by atoms with Gasteiger partial charge in [-0.25, -0.2) is 0 Å². The van der Waals surface area contributed by atoms with Crippen LogP contribution in [0.2, 0.25) is 10.0 Å². The molecule has 3 nitrogen and oxygen atoms in total. The summed E-state index contributed by atoms with van der Waals surface area (Å²) in [4.78, 5) is 14.2. The van der Waals surface area contributed by atoms with E-state index in [2.05, 4.69) is 0 Å². The van der Waals surface area contributed by atoms with Crippen LogP contribution in [0.5, 0.6) is 5.75 Å². The highest BCUT2D eigenvalue weighted by Gasteiger charge is 2.12. The van der Waals surface area contributed by atoms with Crippen LogP contribution >= 0.6 is 23.2 Å². The van der Waals surface area contributed by atoms with Crippen molar-refractivity contribution in [3.63, 3.8) is 0 Å². The summed E-state index contributed by atoms with van der Waals surface area (Å²) in [7, 11) is 0. The molecule has 0 unspecified atom stereocenters. The Labute approximate surface area is 153 Å². The molecule has 128 valence electrons. The van der Waals surface area contributed by atoms with Crippen LogP contribution in [-0.4, -0.2) is 24.0 Å². The summed E-state index contributed by atoms with van der Waals surface area (Å²) in [5.74, 6) is 0.720. The van der Waals surface area contributed by atoms with Gasteiger partial charge in [0, 0.05) is 24.5 Å². The van der Waals surface area contributed by atoms with Crippen molar-refractivity contribution >= 4 is 29.1 Å². The van der Waals surface area contributed by atoms with Gasteiger partial charge in [0.05, 0.1) is 11.6 Å². The highest BCUT2D eigenvalue weighted by atomic mass is 35.5. The number of hydrogen-bond donors (Lipinski definition) is 0. The summed E-state index contributed by atoms with van der Waals surface area (Å²) < 4.78 is 5.61. The smallest absolute Gasteiger partial charge is 0.222 e. The summed E-state index contributed by atoms with van der Waals surface area (Å²) in [6.45, 7) is 3.76. The number of ether oxygens (including phenoxy) is 1. The van der Waals surface area contributed by atoms with Gasteiger partial charge >= 0.3 is 0 Å². The predicted octanol–water partition coefficient (Wildman–Crippen LogP) is 5.20. The lowest BCUT2D eigenvalue weighted by molar-refractivity contribution is -0.131. The summed E-state index contributed by atoms with van der Waals surface area (Å²) in [6, 6.07) is 15.1. The summed E-state index contributed by atoms with van der Waals surface area (Å²) in [6.07, 6.45) is 1.09. The molecule has 0 fully saturated rings. The number of nitrogens with zero attached hydrogens (tertiary/aromatic N) is 1. The normalized spacial score (nSPS) is 10.5. The van der Waals surface area contributed by atoms with Gasteiger partial charge in [0.15, 0.2) is 0 Å². The summed E-state index contributed by atoms with van der Waals surface area (Å²) in [5, 5.41) is 1.05. The standard InChI is InChI=1S/C19H21Cl2NO2/c1-2-22(14-15-7-4-3-5-8-15)19(23)9-6-12-24-18-11-10-16(20)13-17(18)21/h3-5,7-8,10-11,13H,2,6,9,12,14H2,1H3. The van der Waals surface area contributed by atoms with Crippen molar-refractivity contribution in [2.45, 2.75) is 26.3 Å². The van der Waals surface area contributed by atoms with Gasteiger partial charge in [-0.15, -0.1) is 0 Å². The van der Waals surface area contributed by atoms with E-state index in [0.29, 0.717) is 48.3 Å². The monoisotopic (exact) mass is 365 g/mol. The largest absolute Gasteiger partial charge is 0.492 e. The van der Waals surface area contributed by atoms with Crippen molar-refractivity contribution in [2.75, 3.05) is 13.2 Å². The maximum Gasteiger partial charge on any atom is 0.222 e. The zero-order chi connectivity index (χ0) is 17.4. The van der Waals surface area contributed by atoms with E-state index in [1.807, 2.05) is 42.2 Å². The van der Waals surface area contributed by atoms with Crippen LogP contribution in [0.25, 0.3) is 0 Å². The molecule has 0 aliphatic rings. The van der Waals surface area contributed by atoms with Crippen LogP contribution in [0.1, 0.15) is 25.3 Å². The third kappa shape index (κ3) is 5.73. The Morgan fingerprint density at radius 2 is 1.88 bits per heavy atom. The van der Waals surface area contributed by atoms with Gasteiger partial charge in [-0.2, -0.15) is 0 Å². The second-order valence-corrected chi connectivity index (χ2v) is 6.26. The first kappa shape index (κ1) is 18.6. The molecule has 0 atom stereocenters. The topological polar surface area (TPSA) is 29.5 Å². The Morgan fingerprint density at radius 3 is 2.54 bits per heavy atom. The molecule has 0 bridgehead atoms. The molecule has 0 aliphatic heterocycles. The van der Waals surface area contributed by atoms with E-state index in [9.17, 15) is 4.79 Å². The molecular formula is C19H21Cl2NO2. The van der Waals surface area contributed by atoms with Crippen LogP contribution in [0.15, 0.2) is 48.5 Å². The van der Waals surface area contributed by atoms with Gasteiger partial charge in [0.2, 0.25) is 5.91 Å². The molecule has 0 saturated carbocycles. The van der Waals surface area contributed by atoms with Crippen molar-refractivity contribution in [2.24, 2.45) is 0 Å². The fourth-order valence-electron chi connectivity index (χ4n) is 2.34. The zero-order valence-corrected chi connectivity index (χ0v) is 15.2. The molecule has 1 amide bonds. The number of hydrogen-bond acceptors (Lipinski definition) is 2. The van der Waals surface area contributed by atoms with Crippen molar-refractivity contribution in [1.29, 1.82) is 0 Å². The zero-order valence-electron chi connectivity index (χ0n) is 13.7. The minimum Gasteiger partial charge on any atom is -0.492 e. The molecule has 0 aromatic heterocycles. The number of amides is 1. The van der Waals surface area contributed by atoms with Gasteiger partial charge in [-0.05, 0) is 37.1 Å². The van der Waals surface area contributed by atoms with Crippen LogP contribution in [0.4, 0.5) is 0 Å². The maximum absolute atomic E-state index is 12.3. The van der Waals surface area contributed by atoms with Gasteiger partial charge < -0.3 is 9.64 Å². The fourth-order valence-corrected chi connectivity index (χ4v) is 2.80. The summed E-state index contributed by atoms with van der Waals surface area (Å²) in [5.41, 5.74) is 1.14. The van der Waals surface area contributed by atoms with E-state index in [0.717, 1.165) is 5.56 Å². The predicted molar refractivity (Wildman–Crippen MR) is 98.7 cm³/mol. The number of carbonyl (C=O) groups is 1. The van der Waals surface area contributed by atoms with E-state index >= 15 is 0 Å². The number of halogens is 2. The van der Waals surface area contributed by atoms with Crippen LogP contribution in [0.3, 0.4) is 0 Å². The highest BCUT2D eigenvalue weighted by molar-refractivity contribution is 6.35. The van der Waals surface area contributed by atoms with Crippen molar-refractivity contribution < 1.29 is 9.53 Å². The molecule has 5 heteroatoms. The van der Waals surface area contributed by atoms with Crippen LogP contribution in [-0.2, 0) is 11.3 Å². The molecule has 0 N–H and O–H groups in total. The van der Waals surface area contributed by atoms with E-state index in [4.69, 9.17) is 27.9 Å². The molecule has 2 aromatic rings. The van der Waals surface area contributed by atoms with Gasteiger partial charge in [-0.3, -0.25) is 4.79 Å². The average molecular weight is 366 g/mol. The molecule has 0 saturated heterocycles. The molecule has 0 radical (unpaired) electrons. The van der Waals surface area contributed by atoms with Gasteiger partial charge in [0.25, 0.3) is 0 Å². The average Bonchev–Trinajstić information content (AvgIpc) is 2.58. The van der Waals surface area contributed by atoms with E-state index in [1.165, 1.54) is 0 Å². The lowest BCUT2D eigenvalue weighted by atomic mass is 10.2. The molecule has 0 heterocycles. The van der Waals surface area contributed by atoms with Gasteiger partial charge in [-0.1, -0.05) is 53.5 Å². The van der Waals surface area contributed by atoms with Crippen molar-refractivity contribution in [3.8, 4) is 5.75 Å². The first-order valence-electron chi connectivity index (χ1n) is 7.99. The quantitative estimate of drug-likeness (QED) is 0.601. The number of benzene rings is 2. The van der Waals surface area contributed by atoms with E-state index in [1.54, 1.807) is 18.2 Å². The summed E-state index contributed by atoms with van der Waals surface area (Å²) >= 11 is 11.9. The lowest BCUT2D eigenvalue weighted by Gasteiger charge is -2.21. The van der Waals surface area contributed by atoms with Crippen molar-refractivity contribution in [3.05, 3.63) is 64.1 Å². The second kappa shape index (κ2) is 9.55. The molecule has 2 rings (SSSR count). The van der Waals surface area contributed by atoms with Crippen LogP contribution < -0.4 is 4.74 Å². The lowest BCUT2D eigenvalue weighted by Crippen LogP contribution is -2.30. The third-order valence-electron chi connectivity index (χ3n) is 3.64. The Bertz CT molecular complexity index is 662. The first-order chi connectivity index (χ1) is 11.6. The molecular weight excluding hydrogens is 345 g/mol. The fraction of sp³-hybridized carbons (Fsp3) is 0.316. The van der Waals surface area contributed by atoms with Gasteiger partial charge in [0.1, 0.15) is 5.75 Å². The Hall–Kier alpha value is -1.71. The Balaban J connectivity index is 1.77. The minimum absolute atomic E-state index is 0.132. The second-order valence-electron chi connectivity index (χ2n) is 5.42. The number of rotatable bonds is 8. The Morgan fingerprint density at radius 1 is 1.12 bits per heavy atom. The number of carbonyl (C=O) groups excluding carboxylic acids is 1. The molecule has 2 aromatic carbocycles. The highest BCUT2D eigenvalue weighted by Crippen LogP contribution is 2.27. The third-order valence-corrected chi connectivity index (χ3v) is 4.17. The molecule has 0 aliphatic carbocycles. The molecule has 0 spiro atoms. The minimum atomic E-state index is 0.132. The van der Waals surface area contributed by atoms with Crippen molar-refractivity contribution in [1.82, 2.24) is 4.90 Å². The SMILES string of the molecule is CCN(Cc1ccccc1)C(=O)CCCOc1ccc(Cl)cc1Cl. The van der Waals surface area contributed by atoms with E-state index < -0.39 is 0 Å². The molecule has 24 heavy (non-hydrogen) atoms. The first-order valence-corrected chi connectivity index (χ1v) is 8.75. The van der Waals surface area contributed by atoms with Crippen LogP contribution in [0, 0.1) is 0 Å². The maximum atomic E-state index is 12.3.